The normalized spacial score (nSPS) is 13.4. The maximum absolute atomic E-state index is 4.85. The number of aromatic nitrogens is 1. The molecule has 0 saturated heterocycles. The van der Waals surface area contributed by atoms with Crippen molar-refractivity contribution < 1.29 is 0 Å². The molecule has 0 unspecified atom stereocenters. The average molecular weight is 288 g/mol. The molecule has 0 aliphatic heterocycles. The third-order valence-corrected chi connectivity index (χ3v) is 4.56. The summed E-state index contributed by atoms with van der Waals surface area (Å²) in [5.41, 5.74) is 8.79. The molecule has 1 aliphatic carbocycles. The Labute approximate surface area is 131 Å². The lowest BCUT2D eigenvalue weighted by Crippen LogP contribution is -2.01. The lowest BCUT2D eigenvalue weighted by Gasteiger charge is -2.16. The summed E-state index contributed by atoms with van der Waals surface area (Å²) in [5, 5.41) is 4.93. The Morgan fingerprint density at radius 3 is 2.73 bits per heavy atom. The van der Waals surface area contributed by atoms with Gasteiger partial charge in [0.15, 0.2) is 0 Å². The molecule has 3 aromatic rings. The molecule has 110 valence electrons. The summed E-state index contributed by atoms with van der Waals surface area (Å²) in [5.74, 6) is 0. The van der Waals surface area contributed by atoms with E-state index >= 15 is 0 Å². The van der Waals surface area contributed by atoms with Crippen LogP contribution in [0.4, 0.5) is 11.4 Å². The first kappa shape index (κ1) is 13.3. The highest BCUT2D eigenvalue weighted by Crippen LogP contribution is 2.36. The molecule has 2 nitrogen and oxygen atoms in total. The Morgan fingerprint density at radius 1 is 1.00 bits per heavy atom. The molecule has 1 heterocycles. The second kappa shape index (κ2) is 5.13. The Hall–Kier alpha value is -2.35. The van der Waals surface area contributed by atoms with Gasteiger partial charge in [0.05, 0.1) is 11.2 Å². The summed E-state index contributed by atoms with van der Waals surface area (Å²) in [7, 11) is 0. The fraction of sp³-hybridized carbons (Fsp3) is 0.250. The second-order valence-electron chi connectivity index (χ2n) is 6.23. The van der Waals surface area contributed by atoms with Gasteiger partial charge >= 0.3 is 0 Å². The number of benzene rings is 2. The van der Waals surface area contributed by atoms with Gasteiger partial charge < -0.3 is 5.32 Å². The summed E-state index contributed by atoms with van der Waals surface area (Å²) in [6.07, 6.45) is 3.43. The van der Waals surface area contributed by atoms with Crippen LogP contribution in [0.2, 0.25) is 0 Å². The molecule has 0 atom stereocenters. The predicted octanol–water partition coefficient (Wildman–Crippen LogP) is 5.08. The van der Waals surface area contributed by atoms with E-state index in [2.05, 4.69) is 61.6 Å². The van der Waals surface area contributed by atoms with Gasteiger partial charge in [-0.2, -0.15) is 0 Å². The molecular weight excluding hydrogens is 268 g/mol. The standard InChI is InChI=1S/C20H20N2/c1-13-10-11-17(14(2)12-13)22-20-15-6-3-4-8-18(15)21-19-9-5-7-16(19)20/h3-4,6,8,10-12H,5,7,9H2,1-2H3,(H,21,22). The van der Waals surface area contributed by atoms with Crippen LogP contribution in [-0.4, -0.2) is 4.98 Å². The first-order valence-electron chi connectivity index (χ1n) is 7.97. The van der Waals surface area contributed by atoms with Gasteiger partial charge in [0, 0.05) is 16.8 Å². The number of hydrogen-bond acceptors (Lipinski definition) is 2. The molecule has 0 bridgehead atoms. The van der Waals surface area contributed by atoms with E-state index in [-0.39, 0.29) is 0 Å². The lowest BCUT2D eigenvalue weighted by molar-refractivity contribution is 0.901. The fourth-order valence-electron chi connectivity index (χ4n) is 3.44. The summed E-state index contributed by atoms with van der Waals surface area (Å²) in [6.45, 7) is 4.30. The van der Waals surface area contributed by atoms with E-state index in [4.69, 9.17) is 4.98 Å². The van der Waals surface area contributed by atoms with Crippen molar-refractivity contribution in [2.75, 3.05) is 5.32 Å². The molecule has 0 amide bonds. The van der Waals surface area contributed by atoms with Crippen molar-refractivity contribution in [2.24, 2.45) is 0 Å². The van der Waals surface area contributed by atoms with E-state index in [1.54, 1.807) is 0 Å². The van der Waals surface area contributed by atoms with Gasteiger partial charge in [-0.1, -0.05) is 35.9 Å². The van der Waals surface area contributed by atoms with Crippen LogP contribution in [0.1, 0.15) is 28.8 Å². The minimum atomic E-state index is 1.09. The van der Waals surface area contributed by atoms with Crippen molar-refractivity contribution in [2.45, 2.75) is 33.1 Å². The second-order valence-corrected chi connectivity index (χ2v) is 6.23. The van der Waals surface area contributed by atoms with Gasteiger partial charge in [-0.15, -0.1) is 0 Å². The summed E-state index contributed by atoms with van der Waals surface area (Å²) >= 11 is 0. The highest BCUT2D eigenvalue weighted by molar-refractivity contribution is 5.95. The fourth-order valence-corrected chi connectivity index (χ4v) is 3.44. The summed E-state index contributed by atoms with van der Waals surface area (Å²) < 4.78 is 0. The topological polar surface area (TPSA) is 24.9 Å². The number of nitrogens with zero attached hydrogens (tertiary/aromatic N) is 1. The molecule has 0 fully saturated rings. The number of rotatable bonds is 2. The third-order valence-electron chi connectivity index (χ3n) is 4.56. The maximum Gasteiger partial charge on any atom is 0.0726 e. The quantitative estimate of drug-likeness (QED) is 0.711. The van der Waals surface area contributed by atoms with Crippen LogP contribution in [0.5, 0.6) is 0 Å². The van der Waals surface area contributed by atoms with Gasteiger partial charge in [-0.3, -0.25) is 4.98 Å². The maximum atomic E-state index is 4.85. The Balaban J connectivity index is 1.90. The molecule has 1 aliphatic rings. The van der Waals surface area contributed by atoms with Crippen LogP contribution in [0.3, 0.4) is 0 Å². The zero-order valence-corrected chi connectivity index (χ0v) is 13.1. The van der Waals surface area contributed by atoms with E-state index in [1.165, 1.54) is 45.6 Å². The molecule has 0 spiro atoms. The van der Waals surface area contributed by atoms with Crippen LogP contribution in [-0.2, 0) is 12.8 Å². The van der Waals surface area contributed by atoms with E-state index in [1.807, 2.05) is 0 Å². The molecule has 0 radical (unpaired) electrons. The molecule has 22 heavy (non-hydrogen) atoms. The van der Waals surface area contributed by atoms with Crippen LogP contribution in [0.15, 0.2) is 42.5 Å². The Bertz CT molecular complexity index is 865. The summed E-state index contributed by atoms with van der Waals surface area (Å²) in [6, 6.07) is 15.0. The zero-order valence-electron chi connectivity index (χ0n) is 13.1. The van der Waals surface area contributed by atoms with E-state index in [0.717, 1.165) is 18.4 Å². The minimum Gasteiger partial charge on any atom is -0.354 e. The van der Waals surface area contributed by atoms with Crippen molar-refractivity contribution in [3.63, 3.8) is 0 Å². The molecule has 2 aromatic carbocycles. The first-order chi connectivity index (χ1) is 10.7. The molecular formula is C20H20N2. The highest BCUT2D eigenvalue weighted by Gasteiger charge is 2.19. The molecule has 0 saturated carbocycles. The molecule has 1 N–H and O–H groups in total. The number of pyridine rings is 1. The number of aryl methyl sites for hydroxylation is 3. The molecule has 2 heteroatoms. The SMILES string of the molecule is Cc1ccc(Nc2c3c(nc4ccccc24)CCC3)c(C)c1. The van der Waals surface area contributed by atoms with E-state index < -0.39 is 0 Å². The number of anilines is 2. The first-order valence-corrected chi connectivity index (χ1v) is 7.97. The van der Waals surface area contributed by atoms with Crippen LogP contribution in [0.25, 0.3) is 10.9 Å². The number of fused-ring (bicyclic) bond motifs is 2. The van der Waals surface area contributed by atoms with E-state index in [9.17, 15) is 0 Å². The van der Waals surface area contributed by atoms with Crippen molar-refractivity contribution >= 4 is 22.3 Å². The van der Waals surface area contributed by atoms with Crippen molar-refractivity contribution in [1.82, 2.24) is 4.98 Å². The van der Waals surface area contributed by atoms with Crippen molar-refractivity contribution in [1.29, 1.82) is 0 Å². The van der Waals surface area contributed by atoms with E-state index in [0.29, 0.717) is 0 Å². The Kier molecular flexibility index (Phi) is 3.11. The number of hydrogen-bond donors (Lipinski definition) is 1. The average Bonchev–Trinajstić information content (AvgIpc) is 2.97. The van der Waals surface area contributed by atoms with Gasteiger partial charge in [0.1, 0.15) is 0 Å². The van der Waals surface area contributed by atoms with Gasteiger partial charge in [0.2, 0.25) is 0 Å². The van der Waals surface area contributed by atoms with Crippen molar-refractivity contribution in [3.05, 3.63) is 64.8 Å². The minimum absolute atomic E-state index is 1.09. The highest BCUT2D eigenvalue weighted by atomic mass is 14.9. The van der Waals surface area contributed by atoms with Crippen molar-refractivity contribution in [3.8, 4) is 0 Å². The summed E-state index contributed by atoms with van der Waals surface area (Å²) in [4.78, 5) is 4.85. The van der Waals surface area contributed by atoms with Gasteiger partial charge in [-0.25, -0.2) is 0 Å². The zero-order chi connectivity index (χ0) is 15.1. The third kappa shape index (κ3) is 2.16. The van der Waals surface area contributed by atoms with Crippen LogP contribution >= 0.6 is 0 Å². The van der Waals surface area contributed by atoms with Gasteiger partial charge in [-0.05, 0) is 56.4 Å². The monoisotopic (exact) mass is 288 g/mol. The number of para-hydroxylation sites is 1. The van der Waals surface area contributed by atoms with Crippen LogP contribution < -0.4 is 5.32 Å². The lowest BCUT2D eigenvalue weighted by atomic mass is 10.1. The smallest absolute Gasteiger partial charge is 0.0726 e. The molecule has 1 aromatic heterocycles. The van der Waals surface area contributed by atoms with Gasteiger partial charge in [0.25, 0.3) is 0 Å². The van der Waals surface area contributed by atoms with Crippen LogP contribution in [0, 0.1) is 13.8 Å². The Morgan fingerprint density at radius 2 is 1.86 bits per heavy atom. The largest absolute Gasteiger partial charge is 0.354 e. The number of nitrogens with one attached hydrogen (secondary N) is 1. The predicted molar refractivity (Wildman–Crippen MR) is 93.0 cm³/mol. The molecule has 4 rings (SSSR count).